The fourth-order valence-corrected chi connectivity index (χ4v) is 2.76. The van der Waals surface area contributed by atoms with E-state index in [1.54, 1.807) is 0 Å². The Bertz CT molecular complexity index is 476. The van der Waals surface area contributed by atoms with Crippen molar-refractivity contribution >= 4 is 21.9 Å². The number of hydrogen-bond acceptors (Lipinski definition) is 3. The van der Waals surface area contributed by atoms with Crippen LogP contribution in [-0.4, -0.2) is 23.7 Å². The standard InChI is InChI=1S/C14H18BrNO3/c1-9(2-3-13(17)18)16-8-11-7-12(15)6-10-4-5-19-14(10)11/h6-7,9,16H,2-5,8H2,1H3,(H,17,18). The molecule has 1 aliphatic heterocycles. The molecule has 1 aromatic carbocycles. The minimum Gasteiger partial charge on any atom is -0.493 e. The lowest BCUT2D eigenvalue weighted by atomic mass is 10.1. The Hall–Kier alpha value is -1.07. The summed E-state index contributed by atoms with van der Waals surface area (Å²) in [4.78, 5) is 10.5. The van der Waals surface area contributed by atoms with Crippen molar-refractivity contribution in [3.8, 4) is 5.75 Å². The lowest BCUT2D eigenvalue weighted by Crippen LogP contribution is -2.26. The molecule has 0 amide bonds. The SMILES string of the molecule is CC(CCC(=O)O)NCc1cc(Br)cc2c1OCC2. The quantitative estimate of drug-likeness (QED) is 0.843. The number of fused-ring (bicyclic) bond motifs is 1. The maximum Gasteiger partial charge on any atom is 0.303 e. The third-order valence-electron chi connectivity index (χ3n) is 3.26. The molecule has 1 atom stereocenters. The van der Waals surface area contributed by atoms with Crippen LogP contribution in [0.5, 0.6) is 5.75 Å². The highest BCUT2D eigenvalue weighted by molar-refractivity contribution is 9.10. The van der Waals surface area contributed by atoms with E-state index in [0.717, 1.165) is 28.8 Å². The van der Waals surface area contributed by atoms with Gasteiger partial charge in [0.15, 0.2) is 0 Å². The Morgan fingerprint density at radius 3 is 3.11 bits per heavy atom. The van der Waals surface area contributed by atoms with E-state index in [1.165, 1.54) is 5.56 Å². The number of hydrogen-bond donors (Lipinski definition) is 2. The summed E-state index contributed by atoms with van der Waals surface area (Å²) in [5, 5.41) is 12.0. The molecule has 19 heavy (non-hydrogen) atoms. The predicted octanol–water partition coefficient (Wildman–Crippen LogP) is 2.73. The molecule has 4 nitrogen and oxygen atoms in total. The van der Waals surface area contributed by atoms with Crippen molar-refractivity contribution in [3.63, 3.8) is 0 Å². The van der Waals surface area contributed by atoms with Gasteiger partial charge in [0.25, 0.3) is 0 Å². The second-order valence-corrected chi connectivity index (χ2v) is 5.78. The summed E-state index contributed by atoms with van der Waals surface area (Å²) in [7, 11) is 0. The Kier molecular flexibility index (Phi) is 4.82. The van der Waals surface area contributed by atoms with Gasteiger partial charge < -0.3 is 15.2 Å². The molecule has 1 aliphatic rings. The van der Waals surface area contributed by atoms with E-state index in [9.17, 15) is 4.79 Å². The number of benzene rings is 1. The van der Waals surface area contributed by atoms with Crippen molar-refractivity contribution in [1.82, 2.24) is 5.32 Å². The first kappa shape index (κ1) is 14.3. The number of nitrogens with one attached hydrogen (secondary N) is 1. The minimum absolute atomic E-state index is 0.173. The summed E-state index contributed by atoms with van der Waals surface area (Å²) in [6, 6.07) is 4.33. The van der Waals surface area contributed by atoms with Gasteiger partial charge in [-0.15, -0.1) is 0 Å². The topological polar surface area (TPSA) is 58.6 Å². The number of aliphatic carboxylic acids is 1. The van der Waals surface area contributed by atoms with Gasteiger partial charge in [0.05, 0.1) is 6.61 Å². The Morgan fingerprint density at radius 1 is 1.58 bits per heavy atom. The molecule has 0 aromatic heterocycles. The number of carboxylic acid groups (broad SMARTS) is 1. The van der Waals surface area contributed by atoms with Crippen LogP contribution in [0.25, 0.3) is 0 Å². The van der Waals surface area contributed by atoms with Gasteiger partial charge >= 0.3 is 5.97 Å². The predicted molar refractivity (Wildman–Crippen MR) is 76.5 cm³/mol. The molecule has 0 aliphatic carbocycles. The van der Waals surface area contributed by atoms with E-state index in [2.05, 4.69) is 33.4 Å². The third kappa shape index (κ3) is 3.94. The van der Waals surface area contributed by atoms with Crippen LogP contribution in [0, 0.1) is 0 Å². The average Bonchev–Trinajstić information content (AvgIpc) is 2.81. The minimum atomic E-state index is -0.750. The van der Waals surface area contributed by atoms with E-state index in [1.807, 2.05) is 6.92 Å². The molecule has 0 spiro atoms. The molecule has 1 unspecified atom stereocenters. The molecule has 0 radical (unpaired) electrons. The molecule has 0 saturated carbocycles. The number of carbonyl (C=O) groups is 1. The first-order valence-electron chi connectivity index (χ1n) is 6.45. The number of rotatable bonds is 6. The zero-order chi connectivity index (χ0) is 13.8. The number of carboxylic acids is 1. The first-order valence-corrected chi connectivity index (χ1v) is 7.25. The largest absolute Gasteiger partial charge is 0.493 e. The van der Waals surface area contributed by atoms with Gasteiger partial charge in [-0.2, -0.15) is 0 Å². The summed E-state index contributed by atoms with van der Waals surface area (Å²) in [6.07, 6.45) is 1.78. The highest BCUT2D eigenvalue weighted by Gasteiger charge is 2.17. The maximum absolute atomic E-state index is 10.5. The molecular formula is C14H18BrNO3. The second kappa shape index (κ2) is 6.39. The van der Waals surface area contributed by atoms with Gasteiger partial charge in [0.2, 0.25) is 0 Å². The average molecular weight is 328 g/mol. The van der Waals surface area contributed by atoms with Crippen LogP contribution in [-0.2, 0) is 17.8 Å². The summed E-state index contributed by atoms with van der Waals surface area (Å²) >= 11 is 3.51. The van der Waals surface area contributed by atoms with E-state index >= 15 is 0 Å². The van der Waals surface area contributed by atoms with Gasteiger partial charge in [-0.3, -0.25) is 4.79 Å². The van der Waals surface area contributed by atoms with Crippen molar-refractivity contribution in [2.45, 2.75) is 38.8 Å². The molecule has 1 heterocycles. The molecular weight excluding hydrogens is 310 g/mol. The normalized spacial score (nSPS) is 14.8. The highest BCUT2D eigenvalue weighted by Crippen LogP contribution is 2.32. The molecule has 5 heteroatoms. The van der Waals surface area contributed by atoms with Gasteiger partial charge in [-0.1, -0.05) is 15.9 Å². The van der Waals surface area contributed by atoms with Crippen LogP contribution < -0.4 is 10.1 Å². The summed E-state index contributed by atoms with van der Waals surface area (Å²) in [5.41, 5.74) is 2.37. The monoisotopic (exact) mass is 327 g/mol. The highest BCUT2D eigenvalue weighted by atomic mass is 79.9. The summed E-state index contributed by atoms with van der Waals surface area (Å²) < 4.78 is 6.72. The lowest BCUT2D eigenvalue weighted by molar-refractivity contribution is -0.137. The van der Waals surface area contributed by atoms with Crippen LogP contribution in [0.1, 0.15) is 30.9 Å². The fraction of sp³-hybridized carbons (Fsp3) is 0.500. The van der Waals surface area contributed by atoms with Gasteiger partial charge in [0.1, 0.15) is 5.75 Å². The van der Waals surface area contributed by atoms with Crippen molar-refractivity contribution in [2.75, 3.05) is 6.61 Å². The Balaban J connectivity index is 1.94. The summed E-state index contributed by atoms with van der Waals surface area (Å²) in [6.45, 7) is 3.44. The zero-order valence-electron chi connectivity index (χ0n) is 10.9. The van der Waals surface area contributed by atoms with Crippen LogP contribution in [0.15, 0.2) is 16.6 Å². The molecule has 2 N–H and O–H groups in total. The van der Waals surface area contributed by atoms with Crippen molar-refractivity contribution in [2.24, 2.45) is 0 Å². The second-order valence-electron chi connectivity index (χ2n) is 4.87. The van der Waals surface area contributed by atoms with Crippen LogP contribution >= 0.6 is 15.9 Å². The first-order chi connectivity index (χ1) is 9.06. The molecule has 0 bridgehead atoms. The Labute approximate surface area is 121 Å². The van der Waals surface area contributed by atoms with E-state index in [4.69, 9.17) is 9.84 Å². The molecule has 1 aromatic rings. The smallest absolute Gasteiger partial charge is 0.303 e. The van der Waals surface area contributed by atoms with E-state index in [0.29, 0.717) is 13.0 Å². The molecule has 104 valence electrons. The van der Waals surface area contributed by atoms with E-state index < -0.39 is 5.97 Å². The van der Waals surface area contributed by atoms with Gasteiger partial charge in [0, 0.05) is 35.5 Å². The van der Waals surface area contributed by atoms with Crippen molar-refractivity contribution < 1.29 is 14.6 Å². The van der Waals surface area contributed by atoms with Crippen molar-refractivity contribution in [1.29, 1.82) is 0 Å². The summed E-state index contributed by atoms with van der Waals surface area (Å²) in [5.74, 6) is 0.237. The Morgan fingerprint density at radius 2 is 2.37 bits per heavy atom. The number of ether oxygens (including phenoxy) is 1. The molecule has 0 saturated heterocycles. The van der Waals surface area contributed by atoms with Crippen LogP contribution in [0.3, 0.4) is 0 Å². The maximum atomic E-state index is 10.5. The zero-order valence-corrected chi connectivity index (χ0v) is 12.5. The molecule has 2 rings (SSSR count). The van der Waals surface area contributed by atoms with Crippen LogP contribution in [0.2, 0.25) is 0 Å². The van der Waals surface area contributed by atoms with Gasteiger partial charge in [-0.05, 0) is 31.0 Å². The van der Waals surface area contributed by atoms with Gasteiger partial charge in [-0.25, -0.2) is 0 Å². The molecule has 0 fully saturated rings. The third-order valence-corrected chi connectivity index (χ3v) is 3.72. The van der Waals surface area contributed by atoms with Crippen molar-refractivity contribution in [3.05, 3.63) is 27.7 Å². The lowest BCUT2D eigenvalue weighted by Gasteiger charge is -2.15. The van der Waals surface area contributed by atoms with E-state index in [-0.39, 0.29) is 12.5 Å². The number of halogens is 1. The fourth-order valence-electron chi connectivity index (χ4n) is 2.20. The van der Waals surface area contributed by atoms with Crippen LogP contribution in [0.4, 0.5) is 0 Å².